The van der Waals surface area contributed by atoms with Crippen molar-refractivity contribution in [2.24, 2.45) is 0 Å². The molecule has 0 amide bonds. The molecule has 1 atom stereocenters. The normalized spacial score (nSPS) is 10.6. The van der Waals surface area contributed by atoms with Gasteiger partial charge >= 0.3 is 17.9 Å². The van der Waals surface area contributed by atoms with Crippen LogP contribution in [0.15, 0.2) is 72.8 Å². The van der Waals surface area contributed by atoms with Crippen LogP contribution in [0.4, 0.5) is 0 Å². The summed E-state index contributed by atoms with van der Waals surface area (Å²) in [6.45, 7) is 1.46. The Balaban J connectivity index is 0.000000290. The molecule has 0 spiro atoms. The summed E-state index contributed by atoms with van der Waals surface area (Å²) in [7, 11) is 4.56. The number of benzene rings is 4. The van der Waals surface area contributed by atoms with Crippen LogP contribution in [0.2, 0.25) is 5.02 Å². The SMILES string of the molecule is CC(Oc1cccc(Cl)c1)C(=O)O.COc1ccc(C(=O)Cc2ccc(OC)c(OC)c2)c(CC(=O)O)c1.O=C(O)c1cc(I)cc(I)c1O. The predicted molar refractivity (Wildman–Crippen MR) is 202 cm³/mol. The molecule has 0 aliphatic rings. The number of halogens is 3. The lowest BCUT2D eigenvalue weighted by molar-refractivity contribution is -0.144. The average Bonchev–Trinajstić information content (AvgIpc) is 3.06. The second-order valence-corrected chi connectivity index (χ2v) is 12.9. The third kappa shape index (κ3) is 13.2. The van der Waals surface area contributed by atoms with E-state index in [1.165, 1.54) is 34.3 Å². The lowest BCUT2D eigenvalue weighted by Crippen LogP contribution is -2.22. The molecule has 12 nitrogen and oxygen atoms in total. The number of methoxy groups -OCH3 is 3. The number of phenols is 1. The van der Waals surface area contributed by atoms with E-state index in [0.29, 0.717) is 42.7 Å². The first-order chi connectivity index (χ1) is 23.6. The van der Waals surface area contributed by atoms with E-state index in [1.54, 1.807) is 66.7 Å². The Morgan fingerprint density at radius 1 is 0.760 bits per heavy atom. The number of aromatic hydroxyl groups is 1. The standard InChI is InChI=1S/C19H20O6.C9H9ClO3.C7H4I2O3/c1-23-14-5-6-15(13(10-14)11-19(21)22)16(20)8-12-4-7-17(24-2)18(9-12)25-3;1-6(9(11)12)13-8-4-2-3-7(10)5-8;8-3-1-4(7(11)12)6(10)5(9)2-3/h4-7,9-10H,8,11H2,1-3H3,(H,21,22);2-6H,1H3,(H,11,12);1-2,10H,(H,11,12). The van der Waals surface area contributed by atoms with Crippen molar-refractivity contribution < 1.29 is 58.6 Å². The maximum atomic E-state index is 12.7. The van der Waals surface area contributed by atoms with Gasteiger partial charge in [0.25, 0.3) is 0 Å². The minimum Gasteiger partial charge on any atom is -0.506 e. The van der Waals surface area contributed by atoms with Crippen molar-refractivity contribution in [1.82, 2.24) is 0 Å². The molecule has 50 heavy (non-hydrogen) atoms. The zero-order chi connectivity index (χ0) is 37.5. The number of aliphatic carboxylic acids is 2. The Kier molecular flexibility index (Phi) is 17.1. The minimum absolute atomic E-state index is 0.0497. The zero-order valence-electron chi connectivity index (χ0n) is 27.1. The molecular weight excluding hydrogens is 902 g/mol. The smallest absolute Gasteiger partial charge is 0.344 e. The number of hydrogen-bond acceptors (Lipinski definition) is 9. The van der Waals surface area contributed by atoms with Crippen molar-refractivity contribution in [3.63, 3.8) is 0 Å². The summed E-state index contributed by atoms with van der Waals surface area (Å²) in [6.07, 6.45) is -0.984. The molecule has 0 saturated heterocycles. The monoisotopic (exact) mass is 934 g/mol. The Morgan fingerprint density at radius 3 is 2.00 bits per heavy atom. The van der Waals surface area contributed by atoms with Gasteiger partial charge < -0.3 is 39.4 Å². The Hall–Kier alpha value is -4.29. The van der Waals surface area contributed by atoms with E-state index in [0.717, 1.165) is 9.13 Å². The summed E-state index contributed by atoms with van der Waals surface area (Å²) in [5.74, 6) is -1.36. The molecule has 4 rings (SSSR count). The van der Waals surface area contributed by atoms with Gasteiger partial charge in [-0.05, 0) is 124 Å². The van der Waals surface area contributed by atoms with Crippen molar-refractivity contribution in [2.45, 2.75) is 25.9 Å². The van der Waals surface area contributed by atoms with Gasteiger partial charge in [0.05, 0.1) is 31.3 Å². The number of carbonyl (C=O) groups excluding carboxylic acids is 1. The van der Waals surface area contributed by atoms with E-state index < -0.39 is 24.0 Å². The largest absolute Gasteiger partial charge is 0.506 e. The number of carboxylic acids is 3. The molecule has 0 aromatic heterocycles. The molecule has 0 aliphatic heterocycles. The third-order valence-electron chi connectivity index (χ3n) is 6.48. The lowest BCUT2D eigenvalue weighted by Gasteiger charge is -2.11. The van der Waals surface area contributed by atoms with Crippen LogP contribution < -0.4 is 18.9 Å². The maximum absolute atomic E-state index is 12.7. The quantitative estimate of drug-likeness (QED) is 0.0825. The molecule has 0 radical (unpaired) electrons. The van der Waals surface area contributed by atoms with E-state index in [-0.39, 0.29) is 29.9 Å². The molecule has 0 heterocycles. The summed E-state index contributed by atoms with van der Waals surface area (Å²) in [4.78, 5) is 44.7. The van der Waals surface area contributed by atoms with Crippen LogP contribution in [0.5, 0.6) is 28.7 Å². The molecule has 266 valence electrons. The van der Waals surface area contributed by atoms with Gasteiger partial charge in [-0.15, -0.1) is 0 Å². The van der Waals surface area contributed by atoms with E-state index >= 15 is 0 Å². The third-order valence-corrected chi connectivity index (χ3v) is 8.16. The number of carboxylic acid groups (broad SMARTS) is 3. The Morgan fingerprint density at radius 2 is 1.44 bits per heavy atom. The number of aromatic carboxylic acids is 1. The van der Waals surface area contributed by atoms with Crippen LogP contribution in [0.1, 0.15) is 38.8 Å². The van der Waals surface area contributed by atoms with Gasteiger partial charge in [-0.1, -0.05) is 23.7 Å². The van der Waals surface area contributed by atoms with Crippen LogP contribution in [-0.2, 0) is 22.4 Å². The van der Waals surface area contributed by atoms with Gasteiger partial charge in [-0.2, -0.15) is 0 Å². The molecule has 15 heteroatoms. The van der Waals surface area contributed by atoms with E-state index in [4.69, 9.17) is 45.9 Å². The molecule has 4 aromatic rings. The van der Waals surface area contributed by atoms with Gasteiger partial charge in [0, 0.05) is 20.6 Å². The van der Waals surface area contributed by atoms with Gasteiger partial charge in [-0.3, -0.25) is 9.59 Å². The second kappa shape index (κ2) is 20.4. The summed E-state index contributed by atoms with van der Waals surface area (Å²) >= 11 is 9.57. The number of ketones is 1. The summed E-state index contributed by atoms with van der Waals surface area (Å²) in [5.41, 5.74) is 1.50. The Labute approximate surface area is 320 Å². The number of Topliss-reactive ketones (excluding diaryl/α,β-unsaturated/α-hetero) is 1. The van der Waals surface area contributed by atoms with Crippen LogP contribution in [0.3, 0.4) is 0 Å². The van der Waals surface area contributed by atoms with Crippen LogP contribution in [-0.4, -0.2) is 71.6 Å². The van der Waals surface area contributed by atoms with Gasteiger partial charge in [0.1, 0.15) is 22.8 Å². The fourth-order valence-electron chi connectivity index (χ4n) is 4.07. The highest BCUT2D eigenvalue weighted by molar-refractivity contribution is 14.1. The lowest BCUT2D eigenvalue weighted by atomic mass is 9.96. The highest BCUT2D eigenvalue weighted by Crippen LogP contribution is 2.29. The average molecular weight is 935 g/mol. The number of rotatable bonds is 12. The molecule has 0 fully saturated rings. The zero-order valence-corrected chi connectivity index (χ0v) is 32.2. The fourth-order valence-corrected chi connectivity index (χ4v) is 6.10. The van der Waals surface area contributed by atoms with E-state index in [1.807, 2.05) is 45.2 Å². The predicted octanol–water partition coefficient (Wildman–Crippen LogP) is 7.26. The number of hydrogen-bond donors (Lipinski definition) is 4. The number of carbonyl (C=O) groups is 4. The molecule has 4 N–H and O–H groups in total. The van der Waals surface area contributed by atoms with Crippen LogP contribution >= 0.6 is 56.8 Å². The molecular formula is C35H33ClI2O12. The van der Waals surface area contributed by atoms with Gasteiger partial charge in [-0.25, -0.2) is 9.59 Å². The fraction of sp³-hybridized carbons (Fsp3) is 0.200. The van der Waals surface area contributed by atoms with Gasteiger partial charge in [0.2, 0.25) is 0 Å². The van der Waals surface area contributed by atoms with Crippen molar-refractivity contribution in [3.05, 3.63) is 107 Å². The van der Waals surface area contributed by atoms with Crippen molar-refractivity contribution >= 4 is 80.5 Å². The first-order valence-electron chi connectivity index (χ1n) is 14.3. The topological polar surface area (TPSA) is 186 Å². The second-order valence-electron chi connectivity index (χ2n) is 10.0. The maximum Gasteiger partial charge on any atom is 0.344 e. The van der Waals surface area contributed by atoms with Crippen LogP contribution in [0.25, 0.3) is 0 Å². The summed E-state index contributed by atoms with van der Waals surface area (Å²) < 4.78 is 22.0. The van der Waals surface area contributed by atoms with Crippen LogP contribution in [0, 0.1) is 7.14 Å². The molecule has 0 saturated carbocycles. The molecule has 4 aromatic carbocycles. The molecule has 0 bridgehead atoms. The first-order valence-corrected chi connectivity index (χ1v) is 16.8. The van der Waals surface area contributed by atoms with Crippen molar-refractivity contribution in [3.8, 4) is 28.7 Å². The summed E-state index contributed by atoms with van der Waals surface area (Å²) in [6, 6.07) is 19.8. The highest BCUT2D eigenvalue weighted by Gasteiger charge is 2.17. The van der Waals surface area contributed by atoms with Gasteiger partial charge in [0.15, 0.2) is 23.4 Å². The highest BCUT2D eigenvalue weighted by atomic mass is 127. The number of ether oxygens (including phenoxy) is 4. The molecule has 0 aliphatic carbocycles. The van der Waals surface area contributed by atoms with Crippen molar-refractivity contribution in [1.29, 1.82) is 0 Å². The molecule has 1 unspecified atom stereocenters. The van der Waals surface area contributed by atoms with Crippen molar-refractivity contribution in [2.75, 3.05) is 21.3 Å². The summed E-state index contributed by atoms with van der Waals surface area (Å²) in [5, 5.41) is 36.1. The Bertz CT molecular complexity index is 1830. The minimum atomic E-state index is -1.11. The van der Waals surface area contributed by atoms with E-state index in [9.17, 15) is 24.3 Å². The van der Waals surface area contributed by atoms with E-state index in [2.05, 4.69) is 0 Å². The first kappa shape index (κ1) is 41.9.